The van der Waals surface area contributed by atoms with E-state index in [2.05, 4.69) is 0 Å². The van der Waals surface area contributed by atoms with Crippen LogP contribution in [0.25, 0.3) is 0 Å². The Balaban J connectivity index is 2.01. The smallest absolute Gasteiger partial charge is 0.295 e. The van der Waals surface area contributed by atoms with Gasteiger partial charge in [-0.2, -0.15) is 13.2 Å². The summed E-state index contributed by atoms with van der Waals surface area (Å²) in [4.78, 5) is 13.4. The van der Waals surface area contributed by atoms with Gasteiger partial charge in [0, 0.05) is 5.69 Å². The molecule has 120 valence electrons. The minimum Gasteiger partial charge on any atom is -0.295 e. The summed E-state index contributed by atoms with van der Waals surface area (Å²) >= 11 is 1.26. The van der Waals surface area contributed by atoms with Crippen molar-refractivity contribution in [2.24, 2.45) is 0 Å². The molecule has 23 heavy (non-hydrogen) atoms. The normalized spacial score (nSPS) is 18.5. The Labute approximate surface area is 134 Å². The van der Waals surface area contributed by atoms with E-state index in [-0.39, 0.29) is 17.3 Å². The van der Waals surface area contributed by atoms with Crippen LogP contribution >= 0.6 is 11.8 Å². The average molecular weight is 341 g/mol. The highest BCUT2D eigenvalue weighted by Crippen LogP contribution is 2.43. The van der Waals surface area contributed by atoms with Crippen LogP contribution in [0.5, 0.6) is 0 Å². The first-order chi connectivity index (χ1) is 10.9. The summed E-state index contributed by atoms with van der Waals surface area (Å²) in [5, 5.41) is -0.540. The third-order valence-electron chi connectivity index (χ3n) is 3.45. The Hall–Kier alpha value is -2.02. The molecule has 1 atom stereocenters. The van der Waals surface area contributed by atoms with Crippen LogP contribution in [0.4, 0.5) is 23.2 Å². The fourth-order valence-corrected chi connectivity index (χ4v) is 3.61. The first kappa shape index (κ1) is 15.9. The monoisotopic (exact) mass is 341 g/mol. The third-order valence-corrected chi connectivity index (χ3v) is 4.67. The number of amides is 1. The highest BCUT2D eigenvalue weighted by Gasteiger charge is 2.36. The van der Waals surface area contributed by atoms with Crippen LogP contribution in [-0.2, 0) is 11.0 Å². The molecule has 1 saturated heterocycles. The van der Waals surface area contributed by atoms with Crippen LogP contribution in [-0.4, -0.2) is 11.7 Å². The molecule has 2 aromatic carbocycles. The minimum atomic E-state index is -4.49. The van der Waals surface area contributed by atoms with E-state index in [0.717, 1.165) is 12.1 Å². The summed E-state index contributed by atoms with van der Waals surface area (Å²) in [5.41, 5.74) is -0.125. The summed E-state index contributed by atoms with van der Waals surface area (Å²) in [6.45, 7) is 0. The summed E-state index contributed by atoms with van der Waals surface area (Å²) in [5.74, 6) is -0.618. The lowest BCUT2D eigenvalue weighted by molar-refractivity contribution is -0.137. The molecular weight excluding hydrogens is 330 g/mol. The molecule has 1 aliphatic heterocycles. The van der Waals surface area contributed by atoms with E-state index in [1.165, 1.54) is 47.0 Å². The molecule has 0 bridgehead atoms. The lowest BCUT2D eigenvalue weighted by Gasteiger charge is -2.25. The van der Waals surface area contributed by atoms with Crippen LogP contribution in [0.15, 0.2) is 48.5 Å². The molecule has 1 heterocycles. The molecule has 1 amide bonds. The van der Waals surface area contributed by atoms with Crippen molar-refractivity contribution in [3.63, 3.8) is 0 Å². The van der Waals surface area contributed by atoms with E-state index in [4.69, 9.17) is 0 Å². The molecule has 0 unspecified atom stereocenters. The summed E-state index contributed by atoms with van der Waals surface area (Å²) in [6.07, 6.45) is -4.49. The van der Waals surface area contributed by atoms with Crippen molar-refractivity contribution in [1.82, 2.24) is 0 Å². The van der Waals surface area contributed by atoms with Crippen molar-refractivity contribution in [2.45, 2.75) is 11.6 Å². The number of anilines is 1. The number of nitrogens with zero attached hydrogens (tertiary/aromatic N) is 1. The Morgan fingerprint density at radius 3 is 2.52 bits per heavy atom. The largest absolute Gasteiger partial charge is 0.416 e. The fraction of sp³-hybridized carbons (Fsp3) is 0.188. The average Bonchev–Trinajstić information content (AvgIpc) is 2.88. The fourth-order valence-electron chi connectivity index (χ4n) is 2.44. The van der Waals surface area contributed by atoms with Gasteiger partial charge in [0.2, 0.25) is 5.91 Å². The number of rotatable bonds is 2. The number of benzene rings is 2. The second kappa shape index (κ2) is 5.88. The maximum Gasteiger partial charge on any atom is 0.416 e. The van der Waals surface area contributed by atoms with Crippen molar-refractivity contribution in [2.75, 3.05) is 10.7 Å². The van der Waals surface area contributed by atoms with Gasteiger partial charge in [0.1, 0.15) is 11.2 Å². The van der Waals surface area contributed by atoms with E-state index in [9.17, 15) is 22.4 Å². The Morgan fingerprint density at radius 1 is 1.09 bits per heavy atom. The van der Waals surface area contributed by atoms with E-state index < -0.39 is 22.9 Å². The molecule has 0 aromatic heterocycles. The molecule has 1 aliphatic rings. The molecular formula is C16H11F4NOS. The highest BCUT2D eigenvalue weighted by molar-refractivity contribution is 8.00. The van der Waals surface area contributed by atoms with E-state index in [1.54, 1.807) is 6.07 Å². The van der Waals surface area contributed by atoms with Crippen LogP contribution in [0.1, 0.15) is 16.5 Å². The van der Waals surface area contributed by atoms with Crippen molar-refractivity contribution < 1.29 is 22.4 Å². The van der Waals surface area contributed by atoms with E-state index in [1.807, 2.05) is 0 Å². The van der Waals surface area contributed by atoms with Gasteiger partial charge >= 0.3 is 6.18 Å². The van der Waals surface area contributed by atoms with Gasteiger partial charge in [-0.25, -0.2) is 4.39 Å². The van der Waals surface area contributed by atoms with Gasteiger partial charge in [-0.15, -0.1) is 11.8 Å². The first-order valence-electron chi connectivity index (χ1n) is 6.72. The molecule has 1 fully saturated rings. The van der Waals surface area contributed by atoms with Crippen LogP contribution in [0, 0.1) is 5.82 Å². The zero-order valence-electron chi connectivity index (χ0n) is 11.7. The number of hydrogen-bond donors (Lipinski definition) is 0. The lowest BCUT2D eigenvalue weighted by atomic mass is 10.1. The summed E-state index contributed by atoms with van der Waals surface area (Å²) in [7, 11) is 0. The lowest BCUT2D eigenvalue weighted by Crippen LogP contribution is -2.28. The number of halogens is 4. The molecule has 3 rings (SSSR count). The Kier molecular flexibility index (Phi) is 4.06. The Morgan fingerprint density at radius 2 is 1.83 bits per heavy atom. The molecule has 2 aromatic rings. The van der Waals surface area contributed by atoms with Crippen molar-refractivity contribution >= 4 is 23.4 Å². The van der Waals surface area contributed by atoms with Gasteiger partial charge < -0.3 is 0 Å². The number of thioether (sulfide) groups is 1. The number of carbonyl (C=O) groups is 1. The van der Waals surface area contributed by atoms with Gasteiger partial charge in [0.05, 0.1) is 11.3 Å². The standard InChI is InChI=1S/C16H11F4NOS/c17-12-5-1-3-10(7-12)15-21(14(22)9-23-15)13-6-2-4-11(8-13)16(18,19)20/h1-8,15H,9H2/t15-/m0/s1. The summed E-state index contributed by atoms with van der Waals surface area (Å²) in [6, 6.07) is 10.3. The van der Waals surface area contributed by atoms with Crippen LogP contribution < -0.4 is 4.90 Å². The zero-order valence-corrected chi connectivity index (χ0v) is 12.5. The molecule has 2 nitrogen and oxygen atoms in total. The summed E-state index contributed by atoms with van der Waals surface area (Å²) < 4.78 is 52.0. The molecule has 0 aliphatic carbocycles. The molecule has 7 heteroatoms. The van der Waals surface area contributed by atoms with Crippen LogP contribution in [0.2, 0.25) is 0 Å². The highest BCUT2D eigenvalue weighted by atomic mass is 32.2. The maximum atomic E-state index is 13.4. The number of alkyl halides is 3. The van der Waals surface area contributed by atoms with Crippen molar-refractivity contribution in [3.8, 4) is 0 Å². The number of carbonyl (C=O) groups excluding carboxylic acids is 1. The predicted octanol–water partition coefficient (Wildman–Crippen LogP) is 4.62. The SMILES string of the molecule is O=C1CS[C@@H](c2cccc(F)c2)N1c1cccc(C(F)(F)F)c1. The van der Waals surface area contributed by atoms with E-state index in [0.29, 0.717) is 5.56 Å². The van der Waals surface area contributed by atoms with E-state index >= 15 is 0 Å². The Bertz CT molecular complexity index is 747. The first-order valence-corrected chi connectivity index (χ1v) is 7.77. The molecule has 0 saturated carbocycles. The van der Waals surface area contributed by atoms with Crippen molar-refractivity contribution in [3.05, 3.63) is 65.5 Å². The molecule has 0 radical (unpaired) electrons. The van der Waals surface area contributed by atoms with Gasteiger partial charge in [0.25, 0.3) is 0 Å². The topological polar surface area (TPSA) is 20.3 Å². The number of hydrogen-bond acceptors (Lipinski definition) is 2. The van der Waals surface area contributed by atoms with Gasteiger partial charge in [-0.3, -0.25) is 9.69 Å². The van der Waals surface area contributed by atoms with Gasteiger partial charge in [0.15, 0.2) is 0 Å². The van der Waals surface area contributed by atoms with Crippen LogP contribution in [0.3, 0.4) is 0 Å². The maximum absolute atomic E-state index is 13.4. The quantitative estimate of drug-likeness (QED) is 0.743. The second-order valence-corrected chi connectivity index (χ2v) is 6.10. The molecule has 0 spiro atoms. The van der Waals surface area contributed by atoms with Gasteiger partial charge in [-0.1, -0.05) is 18.2 Å². The van der Waals surface area contributed by atoms with Crippen molar-refractivity contribution in [1.29, 1.82) is 0 Å². The van der Waals surface area contributed by atoms with Gasteiger partial charge in [-0.05, 0) is 35.9 Å². The minimum absolute atomic E-state index is 0.136. The second-order valence-electron chi connectivity index (χ2n) is 5.03. The molecule has 0 N–H and O–H groups in total. The zero-order chi connectivity index (χ0) is 16.6. The third kappa shape index (κ3) is 3.19. The predicted molar refractivity (Wildman–Crippen MR) is 80.5 cm³/mol.